The third-order valence-electron chi connectivity index (χ3n) is 3.85. The van der Waals surface area contributed by atoms with Crippen LogP contribution in [0, 0.1) is 13.8 Å². The lowest BCUT2D eigenvalue weighted by molar-refractivity contribution is 0.634. The van der Waals surface area contributed by atoms with Crippen molar-refractivity contribution in [2.24, 2.45) is 0 Å². The lowest BCUT2D eigenvalue weighted by Crippen LogP contribution is -2.31. The predicted octanol–water partition coefficient (Wildman–Crippen LogP) is 2.86. The average molecular weight is 276 g/mol. The number of anilines is 1. The fraction of sp³-hybridized carbons (Fsp3) is 0.571. The summed E-state index contributed by atoms with van der Waals surface area (Å²) in [7, 11) is 0. The molecule has 2 aromatic heterocycles. The number of thiophene rings is 1. The summed E-state index contributed by atoms with van der Waals surface area (Å²) < 4.78 is 0. The maximum atomic E-state index is 4.46. The van der Waals surface area contributed by atoms with E-state index in [4.69, 9.17) is 0 Å². The molecular weight excluding hydrogens is 256 g/mol. The fourth-order valence-corrected chi connectivity index (χ4v) is 3.62. The van der Waals surface area contributed by atoms with Crippen molar-refractivity contribution >= 4 is 27.4 Å². The molecule has 0 saturated carbocycles. The number of hydrogen-bond acceptors (Lipinski definition) is 5. The van der Waals surface area contributed by atoms with Gasteiger partial charge in [0, 0.05) is 17.5 Å². The molecule has 1 unspecified atom stereocenters. The fourth-order valence-electron chi connectivity index (χ4n) is 2.63. The molecule has 4 nitrogen and oxygen atoms in total. The van der Waals surface area contributed by atoms with Gasteiger partial charge in [-0.3, -0.25) is 0 Å². The van der Waals surface area contributed by atoms with Crippen molar-refractivity contribution in [1.82, 2.24) is 15.3 Å². The normalized spacial score (nSPS) is 20.4. The highest BCUT2D eigenvalue weighted by molar-refractivity contribution is 7.18. The SMILES string of the molecule is Cc1sc2ncnc(NC3CCCCNC3)c2c1C. The van der Waals surface area contributed by atoms with Crippen LogP contribution in [0.5, 0.6) is 0 Å². The summed E-state index contributed by atoms with van der Waals surface area (Å²) in [4.78, 5) is 11.3. The molecule has 1 atom stereocenters. The number of nitrogens with one attached hydrogen (secondary N) is 2. The van der Waals surface area contributed by atoms with E-state index in [1.54, 1.807) is 17.7 Å². The zero-order valence-corrected chi connectivity index (χ0v) is 12.3. The second-order valence-electron chi connectivity index (χ2n) is 5.23. The van der Waals surface area contributed by atoms with Crippen LogP contribution in [0.3, 0.4) is 0 Å². The van der Waals surface area contributed by atoms with Crippen LogP contribution in [0.2, 0.25) is 0 Å². The summed E-state index contributed by atoms with van der Waals surface area (Å²) in [6.45, 7) is 6.47. The van der Waals surface area contributed by atoms with E-state index in [2.05, 4.69) is 34.4 Å². The highest BCUT2D eigenvalue weighted by Crippen LogP contribution is 2.32. The van der Waals surface area contributed by atoms with Gasteiger partial charge < -0.3 is 10.6 Å². The summed E-state index contributed by atoms with van der Waals surface area (Å²) in [6.07, 6.45) is 5.43. The van der Waals surface area contributed by atoms with Crippen LogP contribution in [0.4, 0.5) is 5.82 Å². The van der Waals surface area contributed by atoms with Crippen LogP contribution in [-0.4, -0.2) is 29.1 Å². The lowest BCUT2D eigenvalue weighted by atomic mass is 10.1. The summed E-state index contributed by atoms with van der Waals surface area (Å²) in [5.41, 5.74) is 1.31. The van der Waals surface area contributed by atoms with Crippen molar-refractivity contribution < 1.29 is 0 Å². The van der Waals surface area contributed by atoms with E-state index in [9.17, 15) is 0 Å². The molecule has 0 radical (unpaired) electrons. The first-order valence-electron chi connectivity index (χ1n) is 6.93. The molecule has 1 aliphatic heterocycles. The first-order chi connectivity index (χ1) is 9.25. The van der Waals surface area contributed by atoms with Crippen molar-refractivity contribution in [1.29, 1.82) is 0 Å². The van der Waals surface area contributed by atoms with Gasteiger partial charge in [-0.2, -0.15) is 0 Å². The minimum Gasteiger partial charge on any atom is -0.365 e. The number of rotatable bonds is 2. The quantitative estimate of drug-likeness (QED) is 0.885. The number of fused-ring (bicyclic) bond motifs is 1. The number of hydrogen-bond donors (Lipinski definition) is 2. The summed E-state index contributed by atoms with van der Waals surface area (Å²) >= 11 is 1.75. The van der Waals surface area contributed by atoms with Crippen molar-refractivity contribution in [3.63, 3.8) is 0 Å². The topological polar surface area (TPSA) is 49.8 Å². The second kappa shape index (κ2) is 5.43. The summed E-state index contributed by atoms with van der Waals surface area (Å²) in [5, 5.41) is 8.30. The molecule has 1 saturated heterocycles. The van der Waals surface area contributed by atoms with Gasteiger partial charge >= 0.3 is 0 Å². The van der Waals surface area contributed by atoms with Gasteiger partial charge in [-0.15, -0.1) is 11.3 Å². The van der Waals surface area contributed by atoms with E-state index in [0.29, 0.717) is 6.04 Å². The van der Waals surface area contributed by atoms with E-state index in [-0.39, 0.29) is 0 Å². The average Bonchev–Trinajstić information content (AvgIpc) is 2.59. The molecule has 0 spiro atoms. The Hall–Kier alpha value is -1.20. The molecule has 0 amide bonds. The third-order valence-corrected chi connectivity index (χ3v) is 4.97. The molecule has 2 aromatic rings. The minimum atomic E-state index is 0.472. The van der Waals surface area contributed by atoms with E-state index in [0.717, 1.165) is 23.7 Å². The Bertz CT molecular complexity index is 570. The van der Waals surface area contributed by atoms with E-state index in [1.807, 2.05) is 0 Å². The predicted molar refractivity (Wildman–Crippen MR) is 81.0 cm³/mol. The Morgan fingerprint density at radius 2 is 2.21 bits per heavy atom. The largest absolute Gasteiger partial charge is 0.365 e. The van der Waals surface area contributed by atoms with Crippen LogP contribution in [-0.2, 0) is 0 Å². The molecule has 102 valence electrons. The van der Waals surface area contributed by atoms with Gasteiger partial charge in [0.15, 0.2) is 0 Å². The van der Waals surface area contributed by atoms with Gasteiger partial charge in [-0.1, -0.05) is 6.42 Å². The molecule has 0 aromatic carbocycles. The smallest absolute Gasteiger partial charge is 0.138 e. The Labute approximate surface area is 117 Å². The Balaban J connectivity index is 1.91. The maximum absolute atomic E-state index is 4.46. The van der Waals surface area contributed by atoms with Crippen LogP contribution in [0.1, 0.15) is 29.7 Å². The number of aryl methyl sites for hydroxylation is 2. The highest BCUT2D eigenvalue weighted by Gasteiger charge is 2.16. The third kappa shape index (κ3) is 2.58. The first kappa shape index (κ1) is 12.8. The second-order valence-corrected chi connectivity index (χ2v) is 6.43. The van der Waals surface area contributed by atoms with Gasteiger partial charge in [-0.05, 0) is 38.8 Å². The van der Waals surface area contributed by atoms with Gasteiger partial charge in [0.2, 0.25) is 0 Å². The standard InChI is InChI=1S/C14H20N4S/c1-9-10(2)19-14-12(9)13(16-8-17-14)18-11-5-3-4-6-15-7-11/h8,11,15H,3-7H2,1-2H3,(H,16,17,18). The summed E-state index contributed by atoms with van der Waals surface area (Å²) in [5.74, 6) is 1.00. The highest BCUT2D eigenvalue weighted by atomic mass is 32.1. The Kier molecular flexibility index (Phi) is 3.66. The molecule has 0 aliphatic carbocycles. The van der Waals surface area contributed by atoms with Crippen LogP contribution >= 0.6 is 11.3 Å². The maximum Gasteiger partial charge on any atom is 0.138 e. The zero-order valence-electron chi connectivity index (χ0n) is 11.5. The van der Waals surface area contributed by atoms with E-state index in [1.165, 1.54) is 35.1 Å². The van der Waals surface area contributed by atoms with Crippen molar-refractivity contribution in [2.45, 2.75) is 39.2 Å². The molecule has 1 fully saturated rings. The van der Waals surface area contributed by atoms with Gasteiger partial charge in [-0.25, -0.2) is 9.97 Å². The molecule has 3 rings (SSSR count). The van der Waals surface area contributed by atoms with Crippen LogP contribution in [0.25, 0.3) is 10.2 Å². The molecule has 5 heteroatoms. The Morgan fingerprint density at radius 3 is 3.11 bits per heavy atom. The Morgan fingerprint density at radius 1 is 1.32 bits per heavy atom. The lowest BCUT2D eigenvalue weighted by Gasteiger charge is -2.17. The first-order valence-corrected chi connectivity index (χ1v) is 7.75. The minimum absolute atomic E-state index is 0.472. The monoisotopic (exact) mass is 276 g/mol. The van der Waals surface area contributed by atoms with Gasteiger partial charge in [0.05, 0.1) is 5.39 Å². The van der Waals surface area contributed by atoms with E-state index < -0.39 is 0 Å². The number of aromatic nitrogens is 2. The van der Waals surface area contributed by atoms with Gasteiger partial charge in [0.25, 0.3) is 0 Å². The molecule has 3 heterocycles. The van der Waals surface area contributed by atoms with Gasteiger partial charge in [0.1, 0.15) is 17.0 Å². The van der Waals surface area contributed by atoms with E-state index >= 15 is 0 Å². The summed E-state index contributed by atoms with van der Waals surface area (Å²) in [6, 6.07) is 0.472. The van der Waals surface area contributed by atoms with Crippen molar-refractivity contribution in [3.05, 3.63) is 16.8 Å². The number of nitrogens with zero attached hydrogens (tertiary/aromatic N) is 2. The van der Waals surface area contributed by atoms with Crippen LogP contribution < -0.4 is 10.6 Å². The van der Waals surface area contributed by atoms with Crippen LogP contribution in [0.15, 0.2) is 6.33 Å². The molecule has 1 aliphatic rings. The van der Waals surface area contributed by atoms with Crippen molar-refractivity contribution in [2.75, 3.05) is 18.4 Å². The van der Waals surface area contributed by atoms with Crippen molar-refractivity contribution in [3.8, 4) is 0 Å². The molecule has 19 heavy (non-hydrogen) atoms. The molecule has 2 N–H and O–H groups in total. The molecular formula is C14H20N4S. The zero-order chi connectivity index (χ0) is 13.2. The molecule has 0 bridgehead atoms.